The lowest BCUT2D eigenvalue weighted by Gasteiger charge is -2.34. The molecular weight excluding hydrogens is 268 g/mol. The van der Waals surface area contributed by atoms with Gasteiger partial charge in [0.25, 0.3) is 0 Å². The van der Waals surface area contributed by atoms with Crippen molar-refractivity contribution in [2.75, 3.05) is 14.2 Å². The number of methoxy groups -OCH3 is 1. The lowest BCUT2D eigenvalue weighted by molar-refractivity contribution is -0.136. The number of rotatable bonds is 2. The molecule has 0 bridgehead atoms. The van der Waals surface area contributed by atoms with Gasteiger partial charge in [-0.1, -0.05) is 6.07 Å². The Bertz CT molecular complexity index is 508. The van der Waals surface area contributed by atoms with Gasteiger partial charge in [-0.15, -0.1) is 11.3 Å². The Labute approximate surface area is 115 Å². The summed E-state index contributed by atoms with van der Waals surface area (Å²) in [6.07, 6.45) is 0. The molecule has 2 rings (SSSR count). The highest BCUT2D eigenvalue weighted by Gasteiger charge is 2.33. The Morgan fingerprint density at radius 1 is 1.61 bits per heavy atom. The molecular formula is C12H14N2O2S2. The van der Waals surface area contributed by atoms with Crippen LogP contribution in [0.2, 0.25) is 0 Å². The van der Waals surface area contributed by atoms with Gasteiger partial charge in [-0.05, 0) is 30.6 Å². The summed E-state index contributed by atoms with van der Waals surface area (Å²) in [5.74, 6) is -0.326. The second-order valence-corrected chi connectivity index (χ2v) is 5.31. The summed E-state index contributed by atoms with van der Waals surface area (Å²) in [5.41, 5.74) is 1.43. The molecule has 1 N–H and O–H groups in total. The first-order valence-corrected chi connectivity index (χ1v) is 6.71. The van der Waals surface area contributed by atoms with Crippen molar-refractivity contribution in [1.29, 1.82) is 0 Å². The molecule has 0 aromatic carbocycles. The van der Waals surface area contributed by atoms with Crippen LogP contribution in [0.4, 0.5) is 0 Å². The zero-order valence-electron chi connectivity index (χ0n) is 10.4. The Morgan fingerprint density at radius 2 is 2.33 bits per heavy atom. The van der Waals surface area contributed by atoms with Crippen LogP contribution in [0.15, 0.2) is 28.8 Å². The summed E-state index contributed by atoms with van der Waals surface area (Å²) >= 11 is 6.85. The van der Waals surface area contributed by atoms with E-state index in [1.54, 1.807) is 16.2 Å². The van der Waals surface area contributed by atoms with Crippen molar-refractivity contribution < 1.29 is 9.53 Å². The minimum atomic E-state index is -0.326. The number of hydrogen-bond donors (Lipinski definition) is 1. The predicted octanol–water partition coefficient (Wildman–Crippen LogP) is 2.06. The molecule has 1 aromatic rings. The first kappa shape index (κ1) is 13.0. The molecule has 6 heteroatoms. The average Bonchev–Trinajstić information content (AvgIpc) is 2.88. The molecule has 0 amide bonds. The number of esters is 1. The van der Waals surface area contributed by atoms with Gasteiger partial charge in [-0.2, -0.15) is 0 Å². The van der Waals surface area contributed by atoms with Crippen molar-refractivity contribution in [3.63, 3.8) is 0 Å². The van der Waals surface area contributed by atoms with Crippen LogP contribution in [0.1, 0.15) is 17.8 Å². The molecule has 0 aliphatic carbocycles. The number of nitrogens with one attached hydrogen (secondary N) is 1. The summed E-state index contributed by atoms with van der Waals surface area (Å²) < 4.78 is 4.87. The standard InChI is InChI=1S/C12H14N2O2S2/c1-7-9(11(15)16-3)10(8-5-4-6-18-8)13-12(17)14(7)2/h4-6,10H,1-3H3,(H,13,17)/t10-/m0/s1. The van der Waals surface area contributed by atoms with Crippen LogP contribution < -0.4 is 5.32 Å². The van der Waals surface area contributed by atoms with E-state index in [0.717, 1.165) is 10.6 Å². The number of hydrogen-bond acceptors (Lipinski definition) is 4. The van der Waals surface area contributed by atoms with Crippen molar-refractivity contribution >= 4 is 34.6 Å². The van der Waals surface area contributed by atoms with E-state index in [2.05, 4.69) is 5.32 Å². The van der Waals surface area contributed by atoms with Gasteiger partial charge in [0.05, 0.1) is 18.7 Å². The molecule has 96 valence electrons. The van der Waals surface area contributed by atoms with Gasteiger partial charge in [0, 0.05) is 17.6 Å². The zero-order chi connectivity index (χ0) is 13.3. The van der Waals surface area contributed by atoms with Gasteiger partial charge >= 0.3 is 5.97 Å². The molecule has 1 aromatic heterocycles. The molecule has 4 nitrogen and oxygen atoms in total. The van der Waals surface area contributed by atoms with E-state index >= 15 is 0 Å². The van der Waals surface area contributed by atoms with Crippen molar-refractivity contribution in [2.45, 2.75) is 13.0 Å². The molecule has 0 spiro atoms. The minimum Gasteiger partial charge on any atom is -0.466 e. The highest BCUT2D eigenvalue weighted by molar-refractivity contribution is 7.80. The van der Waals surface area contributed by atoms with Gasteiger partial charge < -0.3 is 15.0 Å². The van der Waals surface area contributed by atoms with Crippen LogP contribution in [-0.4, -0.2) is 30.1 Å². The Kier molecular flexibility index (Phi) is 3.68. The van der Waals surface area contributed by atoms with Crippen molar-refractivity contribution in [1.82, 2.24) is 10.2 Å². The summed E-state index contributed by atoms with van der Waals surface area (Å²) in [6, 6.07) is 3.71. The predicted molar refractivity (Wildman–Crippen MR) is 75.3 cm³/mol. The molecule has 18 heavy (non-hydrogen) atoms. The largest absolute Gasteiger partial charge is 0.466 e. The summed E-state index contributed by atoms with van der Waals surface area (Å²) in [4.78, 5) is 14.8. The smallest absolute Gasteiger partial charge is 0.338 e. The fourth-order valence-corrected chi connectivity index (χ4v) is 2.92. The maximum absolute atomic E-state index is 11.9. The number of thiocarbonyl (C=S) groups is 1. The first-order chi connectivity index (χ1) is 8.56. The van der Waals surface area contributed by atoms with Crippen LogP contribution in [0.5, 0.6) is 0 Å². The van der Waals surface area contributed by atoms with E-state index in [0.29, 0.717) is 10.7 Å². The van der Waals surface area contributed by atoms with Gasteiger partial charge in [0.1, 0.15) is 0 Å². The van der Waals surface area contributed by atoms with E-state index < -0.39 is 0 Å². The van der Waals surface area contributed by atoms with Crippen molar-refractivity contribution in [3.05, 3.63) is 33.7 Å². The van der Waals surface area contributed by atoms with E-state index in [1.165, 1.54) is 7.11 Å². The van der Waals surface area contributed by atoms with Crippen LogP contribution in [0.3, 0.4) is 0 Å². The third kappa shape index (κ3) is 2.13. The highest BCUT2D eigenvalue weighted by atomic mass is 32.1. The molecule has 1 aliphatic heterocycles. The van der Waals surface area contributed by atoms with E-state index in [4.69, 9.17) is 17.0 Å². The number of carbonyl (C=O) groups excluding carboxylic acids is 1. The van der Waals surface area contributed by atoms with E-state index in [-0.39, 0.29) is 12.0 Å². The maximum atomic E-state index is 11.9. The quantitative estimate of drug-likeness (QED) is 0.664. The maximum Gasteiger partial charge on any atom is 0.338 e. The summed E-state index contributed by atoms with van der Waals surface area (Å²) in [7, 11) is 3.22. The van der Waals surface area contributed by atoms with Crippen molar-refractivity contribution in [3.8, 4) is 0 Å². The molecule has 0 radical (unpaired) electrons. The van der Waals surface area contributed by atoms with Gasteiger partial charge in [-0.3, -0.25) is 0 Å². The third-order valence-electron chi connectivity index (χ3n) is 2.99. The number of thiophene rings is 1. The van der Waals surface area contributed by atoms with Crippen LogP contribution >= 0.6 is 23.6 Å². The van der Waals surface area contributed by atoms with Gasteiger partial charge in [-0.25, -0.2) is 4.79 Å². The zero-order valence-corrected chi connectivity index (χ0v) is 12.0. The summed E-state index contributed by atoms with van der Waals surface area (Å²) in [5, 5.41) is 5.76. The second-order valence-electron chi connectivity index (χ2n) is 3.95. The van der Waals surface area contributed by atoms with Gasteiger partial charge in [0.15, 0.2) is 5.11 Å². The molecule has 1 aliphatic rings. The number of carbonyl (C=O) groups is 1. The molecule has 0 unspecified atom stereocenters. The molecule has 0 saturated carbocycles. The number of allylic oxidation sites excluding steroid dienone is 1. The van der Waals surface area contributed by atoms with Crippen LogP contribution in [0, 0.1) is 0 Å². The number of nitrogens with zero attached hydrogens (tertiary/aromatic N) is 1. The molecule has 2 heterocycles. The molecule has 1 atom stereocenters. The topological polar surface area (TPSA) is 41.6 Å². The van der Waals surface area contributed by atoms with Crippen LogP contribution in [0.25, 0.3) is 0 Å². The second kappa shape index (κ2) is 5.07. The molecule has 0 saturated heterocycles. The normalized spacial score (nSPS) is 19.8. The SMILES string of the molecule is COC(=O)C1=C(C)N(C)C(=S)N[C@H]1c1cccs1. The minimum absolute atomic E-state index is 0.221. The first-order valence-electron chi connectivity index (χ1n) is 5.43. The van der Waals surface area contributed by atoms with Crippen LogP contribution in [-0.2, 0) is 9.53 Å². The monoisotopic (exact) mass is 282 g/mol. The number of ether oxygens (including phenoxy) is 1. The summed E-state index contributed by atoms with van der Waals surface area (Å²) in [6.45, 7) is 1.88. The van der Waals surface area contributed by atoms with Gasteiger partial charge in [0.2, 0.25) is 0 Å². The Hall–Kier alpha value is -1.40. The average molecular weight is 282 g/mol. The lowest BCUT2D eigenvalue weighted by atomic mass is 10.0. The van der Waals surface area contributed by atoms with Crippen molar-refractivity contribution in [2.24, 2.45) is 0 Å². The fraction of sp³-hybridized carbons (Fsp3) is 0.333. The fourth-order valence-electron chi connectivity index (χ4n) is 1.88. The van der Waals surface area contributed by atoms with E-state index in [1.807, 2.05) is 31.5 Å². The third-order valence-corrected chi connectivity index (χ3v) is 4.32. The molecule has 0 fully saturated rings. The Morgan fingerprint density at radius 3 is 2.89 bits per heavy atom. The highest BCUT2D eigenvalue weighted by Crippen LogP contribution is 2.32. The lowest BCUT2D eigenvalue weighted by Crippen LogP contribution is -2.45. The van der Waals surface area contributed by atoms with E-state index in [9.17, 15) is 4.79 Å². The Balaban J connectivity index is 2.50.